The van der Waals surface area contributed by atoms with E-state index in [0.717, 1.165) is 5.69 Å². The molecule has 0 aliphatic carbocycles. The van der Waals surface area contributed by atoms with Crippen LogP contribution in [0.15, 0.2) is 18.5 Å². The molecule has 3 nitrogen and oxygen atoms in total. The Balaban J connectivity index is 2.57. The fourth-order valence-electron chi connectivity index (χ4n) is 0.501. The van der Waals surface area contributed by atoms with Gasteiger partial charge in [-0.15, -0.1) is 0 Å². The molecule has 0 aliphatic heterocycles. The molecular formula is C6H8N2O. The summed E-state index contributed by atoms with van der Waals surface area (Å²) in [6.07, 6.45) is 5.08. The van der Waals surface area contributed by atoms with Crippen molar-refractivity contribution in [3.8, 4) is 0 Å². The summed E-state index contributed by atoms with van der Waals surface area (Å²) in [7, 11) is 1.60. The molecule has 0 unspecified atom stereocenters. The number of hydrogen-bond acceptors (Lipinski definition) is 2. The molecule has 0 atom stereocenters. The molecule has 9 heavy (non-hydrogen) atoms. The van der Waals surface area contributed by atoms with Crippen LogP contribution in [0.25, 0.3) is 6.08 Å². The van der Waals surface area contributed by atoms with Crippen LogP contribution in [-0.4, -0.2) is 17.3 Å². The number of hydrogen-bond donors (Lipinski definition) is 1. The van der Waals surface area contributed by atoms with Crippen molar-refractivity contribution in [3.05, 3.63) is 24.2 Å². The molecule has 0 bridgehead atoms. The fraction of sp³-hybridized carbons (Fsp3) is 0.167. The average Bonchev–Trinajstić information content (AvgIpc) is 2.34. The van der Waals surface area contributed by atoms with E-state index in [1.165, 1.54) is 0 Å². The maximum Gasteiger partial charge on any atom is 0.0845 e. The topological polar surface area (TPSA) is 37.9 Å². The van der Waals surface area contributed by atoms with Gasteiger partial charge in [0.1, 0.15) is 0 Å². The van der Waals surface area contributed by atoms with Crippen molar-refractivity contribution in [3.63, 3.8) is 0 Å². The van der Waals surface area contributed by atoms with Crippen LogP contribution in [-0.2, 0) is 4.74 Å². The number of aromatic amines is 1. The Hall–Kier alpha value is -1.25. The molecule has 0 amide bonds. The summed E-state index contributed by atoms with van der Waals surface area (Å²) in [6.45, 7) is 0. The van der Waals surface area contributed by atoms with Crippen molar-refractivity contribution in [2.45, 2.75) is 0 Å². The van der Waals surface area contributed by atoms with E-state index in [9.17, 15) is 0 Å². The van der Waals surface area contributed by atoms with Crippen LogP contribution < -0.4 is 0 Å². The molecular weight excluding hydrogens is 116 g/mol. The van der Waals surface area contributed by atoms with Gasteiger partial charge < -0.3 is 4.74 Å². The molecule has 3 heteroatoms. The summed E-state index contributed by atoms with van der Waals surface area (Å²) in [5, 5.41) is 6.50. The molecule has 0 aliphatic rings. The predicted octanol–water partition coefficient (Wildman–Crippen LogP) is 1.03. The number of rotatable bonds is 2. The van der Waals surface area contributed by atoms with Gasteiger partial charge in [0.25, 0.3) is 0 Å². The van der Waals surface area contributed by atoms with Crippen LogP contribution in [0.5, 0.6) is 0 Å². The van der Waals surface area contributed by atoms with Crippen molar-refractivity contribution >= 4 is 6.08 Å². The molecule has 1 N–H and O–H groups in total. The van der Waals surface area contributed by atoms with E-state index in [0.29, 0.717) is 0 Å². The lowest BCUT2D eigenvalue weighted by Crippen LogP contribution is -1.70. The standard InChI is InChI=1S/C6H8N2O/c1-9-5-3-6-2-4-7-8-6/h2-5H,1H3,(H,7,8). The Morgan fingerprint density at radius 1 is 1.78 bits per heavy atom. The molecule has 0 aromatic carbocycles. The molecule has 0 fully saturated rings. The molecule has 1 rings (SSSR count). The summed E-state index contributed by atoms with van der Waals surface area (Å²) in [6, 6.07) is 1.86. The Morgan fingerprint density at radius 2 is 2.67 bits per heavy atom. The Kier molecular flexibility index (Phi) is 1.90. The second kappa shape index (κ2) is 2.91. The van der Waals surface area contributed by atoms with Crippen LogP contribution in [0.1, 0.15) is 5.69 Å². The van der Waals surface area contributed by atoms with E-state index < -0.39 is 0 Å². The highest BCUT2D eigenvalue weighted by molar-refractivity contribution is 5.41. The molecule has 0 saturated heterocycles. The fourth-order valence-corrected chi connectivity index (χ4v) is 0.501. The summed E-state index contributed by atoms with van der Waals surface area (Å²) < 4.78 is 4.69. The number of H-pyrrole nitrogens is 1. The van der Waals surface area contributed by atoms with Gasteiger partial charge in [-0.25, -0.2) is 0 Å². The number of nitrogens with one attached hydrogen (secondary N) is 1. The minimum absolute atomic E-state index is 0.942. The van der Waals surface area contributed by atoms with E-state index in [4.69, 9.17) is 0 Å². The average molecular weight is 124 g/mol. The van der Waals surface area contributed by atoms with Crippen molar-refractivity contribution < 1.29 is 4.74 Å². The highest BCUT2D eigenvalue weighted by Gasteiger charge is 1.81. The van der Waals surface area contributed by atoms with E-state index in [1.54, 1.807) is 25.6 Å². The van der Waals surface area contributed by atoms with Crippen LogP contribution in [0, 0.1) is 0 Å². The molecule has 0 spiro atoms. The lowest BCUT2D eigenvalue weighted by Gasteiger charge is -1.83. The molecule has 0 saturated carbocycles. The second-order valence-corrected chi connectivity index (χ2v) is 1.55. The van der Waals surface area contributed by atoms with E-state index >= 15 is 0 Å². The minimum atomic E-state index is 0.942. The van der Waals surface area contributed by atoms with Crippen LogP contribution in [0.2, 0.25) is 0 Å². The van der Waals surface area contributed by atoms with Gasteiger partial charge in [0, 0.05) is 6.20 Å². The van der Waals surface area contributed by atoms with Gasteiger partial charge >= 0.3 is 0 Å². The number of aromatic nitrogens is 2. The van der Waals surface area contributed by atoms with Gasteiger partial charge in [-0.1, -0.05) is 0 Å². The van der Waals surface area contributed by atoms with Gasteiger partial charge in [-0.05, 0) is 12.1 Å². The third kappa shape index (κ3) is 1.60. The number of ether oxygens (including phenoxy) is 1. The largest absolute Gasteiger partial charge is 0.504 e. The molecule has 48 valence electrons. The molecule has 0 radical (unpaired) electrons. The van der Waals surface area contributed by atoms with E-state index in [-0.39, 0.29) is 0 Å². The molecule has 1 heterocycles. The van der Waals surface area contributed by atoms with Gasteiger partial charge in [-0.2, -0.15) is 5.10 Å². The summed E-state index contributed by atoms with van der Waals surface area (Å²) in [4.78, 5) is 0. The SMILES string of the molecule is COC=Cc1ccn[nH]1. The first-order chi connectivity index (χ1) is 4.43. The maximum atomic E-state index is 4.69. The first-order valence-electron chi connectivity index (χ1n) is 2.62. The minimum Gasteiger partial charge on any atom is -0.504 e. The zero-order valence-corrected chi connectivity index (χ0v) is 5.16. The summed E-state index contributed by atoms with van der Waals surface area (Å²) in [5.41, 5.74) is 0.942. The molecule has 1 aromatic heterocycles. The van der Waals surface area contributed by atoms with Gasteiger partial charge in [0.2, 0.25) is 0 Å². The van der Waals surface area contributed by atoms with Crippen LogP contribution >= 0.6 is 0 Å². The molecule has 1 aromatic rings. The van der Waals surface area contributed by atoms with Crippen LogP contribution in [0.3, 0.4) is 0 Å². The quantitative estimate of drug-likeness (QED) is 0.598. The Morgan fingerprint density at radius 3 is 3.22 bits per heavy atom. The third-order valence-electron chi connectivity index (χ3n) is 0.906. The number of nitrogens with zero attached hydrogens (tertiary/aromatic N) is 1. The first kappa shape index (κ1) is 5.88. The lowest BCUT2D eigenvalue weighted by atomic mass is 10.4. The summed E-state index contributed by atoms with van der Waals surface area (Å²) in [5.74, 6) is 0. The zero-order chi connectivity index (χ0) is 6.53. The predicted molar refractivity (Wildman–Crippen MR) is 34.6 cm³/mol. The highest BCUT2D eigenvalue weighted by Crippen LogP contribution is 1.93. The Bertz CT molecular complexity index is 179. The van der Waals surface area contributed by atoms with Crippen molar-refractivity contribution in [2.24, 2.45) is 0 Å². The summed E-state index contributed by atoms with van der Waals surface area (Å²) >= 11 is 0. The smallest absolute Gasteiger partial charge is 0.0845 e. The highest BCUT2D eigenvalue weighted by atomic mass is 16.5. The third-order valence-corrected chi connectivity index (χ3v) is 0.906. The van der Waals surface area contributed by atoms with Gasteiger partial charge in [0.05, 0.1) is 19.1 Å². The zero-order valence-electron chi connectivity index (χ0n) is 5.16. The number of methoxy groups -OCH3 is 1. The van der Waals surface area contributed by atoms with Crippen molar-refractivity contribution in [1.82, 2.24) is 10.2 Å². The Labute approximate surface area is 53.3 Å². The van der Waals surface area contributed by atoms with Gasteiger partial charge in [0.15, 0.2) is 0 Å². The van der Waals surface area contributed by atoms with Gasteiger partial charge in [-0.3, -0.25) is 5.10 Å². The normalized spacial score (nSPS) is 10.3. The first-order valence-corrected chi connectivity index (χ1v) is 2.62. The maximum absolute atomic E-state index is 4.69. The van der Waals surface area contributed by atoms with Crippen molar-refractivity contribution in [2.75, 3.05) is 7.11 Å². The van der Waals surface area contributed by atoms with E-state index in [1.807, 2.05) is 6.07 Å². The monoisotopic (exact) mass is 124 g/mol. The second-order valence-electron chi connectivity index (χ2n) is 1.55. The van der Waals surface area contributed by atoms with Crippen molar-refractivity contribution in [1.29, 1.82) is 0 Å². The lowest BCUT2D eigenvalue weighted by molar-refractivity contribution is 0.341. The van der Waals surface area contributed by atoms with E-state index in [2.05, 4.69) is 14.9 Å². The van der Waals surface area contributed by atoms with Crippen LogP contribution in [0.4, 0.5) is 0 Å².